The quantitative estimate of drug-likeness (QED) is 0.826. The number of halogens is 2. The highest BCUT2D eigenvalue weighted by atomic mass is 19.1. The Labute approximate surface area is 167 Å². The van der Waals surface area contributed by atoms with Gasteiger partial charge in [0.05, 0.1) is 13.0 Å². The first kappa shape index (κ1) is 18.9. The number of allylic oxidation sites excluding steroid dienone is 1. The second kappa shape index (κ2) is 7.53. The number of hydrogen-bond acceptors (Lipinski definition) is 3. The van der Waals surface area contributed by atoms with Crippen molar-refractivity contribution in [1.82, 2.24) is 0 Å². The largest absolute Gasteiger partial charge is 0.440 e. The lowest BCUT2D eigenvalue weighted by Gasteiger charge is -2.35. The molecule has 0 amide bonds. The number of benzene rings is 2. The van der Waals surface area contributed by atoms with E-state index in [-0.39, 0.29) is 23.1 Å². The molecule has 2 aliphatic rings. The number of nitrogens with zero attached hydrogens (tertiary/aromatic N) is 1. The molecule has 2 atom stereocenters. The number of rotatable bonds is 2. The van der Waals surface area contributed by atoms with Crippen molar-refractivity contribution in [1.29, 1.82) is 5.26 Å². The van der Waals surface area contributed by atoms with Crippen molar-refractivity contribution in [2.45, 2.75) is 5.92 Å². The number of nitriles is 1. The number of nitrogens with one attached hydrogen (secondary N) is 1. The van der Waals surface area contributed by atoms with Gasteiger partial charge in [-0.05, 0) is 41.5 Å². The van der Waals surface area contributed by atoms with E-state index in [9.17, 15) is 14.0 Å². The Morgan fingerprint density at radius 1 is 1.14 bits per heavy atom. The van der Waals surface area contributed by atoms with Gasteiger partial charge in [-0.15, -0.1) is 0 Å². The van der Waals surface area contributed by atoms with Crippen molar-refractivity contribution in [2.24, 2.45) is 5.73 Å². The number of hydrogen-bond donors (Lipinski definition) is 2. The minimum absolute atomic E-state index is 0.0187. The Morgan fingerprint density at radius 2 is 1.86 bits per heavy atom. The van der Waals surface area contributed by atoms with Crippen LogP contribution in [0.4, 0.5) is 8.78 Å². The molecule has 2 aromatic carbocycles. The molecule has 2 aliphatic heterocycles. The minimum Gasteiger partial charge on any atom is -0.440 e. The molecule has 2 aromatic rings. The van der Waals surface area contributed by atoms with Crippen LogP contribution in [0.25, 0.3) is 6.08 Å². The molecular formula is C23H20F2N3O+. The van der Waals surface area contributed by atoms with Crippen LogP contribution >= 0.6 is 0 Å². The predicted molar refractivity (Wildman–Crippen MR) is 105 cm³/mol. The first-order chi connectivity index (χ1) is 14.0. The zero-order chi connectivity index (χ0) is 20.5. The summed E-state index contributed by atoms with van der Waals surface area (Å²) in [4.78, 5) is 1.18. The molecule has 2 heterocycles. The number of quaternary nitrogens is 1. The van der Waals surface area contributed by atoms with Gasteiger partial charge in [0.2, 0.25) is 5.88 Å². The summed E-state index contributed by atoms with van der Waals surface area (Å²) in [5.41, 5.74) is 9.45. The van der Waals surface area contributed by atoms with E-state index in [0.29, 0.717) is 30.0 Å². The molecule has 0 aromatic heterocycles. The van der Waals surface area contributed by atoms with E-state index in [4.69, 9.17) is 10.5 Å². The Morgan fingerprint density at radius 3 is 2.55 bits per heavy atom. The van der Waals surface area contributed by atoms with Crippen LogP contribution in [0.3, 0.4) is 0 Å². The van der Waals surface area contributed by atoms with Crippen molar-refractivity contribution in [3.63, 3.8) is 0 Å². The van der Waals surface area contributed by atoms with E-state index in [1.165, 1.54) is 29.2 Å². The average molecular weight is 392 g/mol. The molecule has 4 rings (SSSR count). The van der Waals surface area contributed by atoms with Crippen molar-refractivity contribution in [3.8, 4) is 6.07 Å². The summed E-state index contributed by atoms with van der Waals surface area (Å²) in [6, 6.07) is 14.6. The van der Waals surface area contributed by atoms with Gasteiger partial charge in [0.15, 0.2) is 0 Å². The van der Waals surface area contributed by atoms with Gasteiger partial charge in [-0.2, -0.15) is 5.26 Å². The SMILES string of the molecule is C[NH+]1CC2=C(OC(N)=C(C#N)[C@H]2c2cccc(F)c2)/C(=C\c2cccc(F)c2)C1. The molecule has 29 heavy (non-hydrogen) atoms. The second-order valence-corrected chi connectivity index (χ2v) is 7.37. The molecule has 0 bridgehead atoms. The van der Waals surface area contributed by atoms with Crippen LogP contribution < -0.4 is 10.6 Å². The lowest BCUT2D eigenvalue weighted by molar-refractivity contribution is -0.871. The van der Waals surface area contributed by atoms with E-state index < -0.39 is 5.92 Å². The standard InChI is InChI=1S/C23H19F2N3O/c1-28-12-16(8-14-4-2-6-17(24)9-14)22-20(13-28)21(19(11-26)23(27)29-22)15-5-3-7-18(25)10-15/h2-10,21H,12-13,27H2,1H3/p+1/b16-8-/t21-/m1/s1. The molecular weight excluding hydrogens is 372 g/mol. The van der Waals surface area contributed by atoms with Crippen LogP contribution in [0, 0.1) is 23.0 Å². The van der Waals surface area contributed by atoms with Gasteiger partial charge in [-0.1, -0.05) is 24.3 Å². The van der Waals surface area contributed by atoms with Gasteiger partial charge in [-0.3, -0.25) is 0 Å². The highest BCUT2D eigenvalue weighted by molar-refractivity contribution is 5.62. The maximum Gasteiger partial charge on any atom is 0.205 e. The zero-order valence-corrected chi connectivity index (χ0v) is 15.9. The third-order valence-electron chi connectivity index (χ3n) is 5.17. The summed E-state index contributed by atoms with van der Waals surface area (Å²) in [7, 11) is 2.03. The normalized spacial score (nSPS) is 22.9. The van der Waals surface area contributed by atoms with Crippen molar-refractivity contribution >= 4 is 6.08 Å². The maximum atomic E-state index is 13.9. The molecule has 3 N–H and O–H groups in total. The van der Waals surface area contributed by atoms with Crippen molar-refractivity contribution < 1.29 is 18.4 Å². The first-order valence-corrected chi connectivity index (χ1v) is 9.30. The first-order valence-electron chi connectivity index (χ1n) is 9.30. The molecule has 0 saturated carbocycles. The molecule has 0 aliphatic carbocycles. The molecule has 0 spiro atoms. The Kier molecular flexibility index (Phi) is 4.91. The third kappa shape index (κ3) is 3.65. The molecule has 0 saturated heterocycles. The Hall–Kier alpha value is -3.43. The monoisotopic (exact) mass is 392 g/mol. The highest BCUT2D eigenvalue weighted by Crippen LogP contribution is 2.41. The van der Waals surface area contributed by atoms with Gasteiger partial charge in [0, 0.05) is 11.1 Å². The smallest absolute Gasteiger partial charge is 0.205 e. The fraction of sp³-hybridized carbons (Fsp3) is 0.174. The fourth-order valence-electron chi connectivity index (χ4n) is 4.01. The van der Waals surface area contributed by atoms with Crippen LogP contribution in [-0.4, -0.2) is 20.1 Å². The number of likely N-dealkylation sites (N-methyl/N-ethyl adjacent to an activating group) is 1. The third-order valence-corrected chi connectivity index (χ3v) is 5.17. The number of nitrogens with two attached hydrogens (primary N) is 1. The second-order valence-electron chi connectivity index (χ2n) is 7.37. The van der Waals surface area contributed by atoms with Gasteiger partial charge in [0.25, 0.3) is 0 Å². The summed E-state index contributed by atoms with van der Waals surface area (Å²) in [5.74, 6) is -0.570. The van der Waals surface area contributed by atoms with Gasteiger partial charge < -0.3 is 15.4 Å². The van der Waals surface area contributed by atoms with Crippen molar-refractivity contribution in [3.05, 3.63) is 99.7 Å². The van der Waals surface area contributed by atoms with E-state index in [0.717, 1.165) is 11.1 Å². The lowest BCUT2D eigenvalue weighted by Crippen LogP contribution is -3.10. The topological polar surface area (TPSA) is 63.5 Å². The summed E-state index contributed by atoms with van der Waals surface area (Å²) in [6.45, 7) is 1.27. The zero-order valence-electron chi connectivity index (χ0n) is 15.9. The Balaban J connectivity index is 1.88. The predicted octanol–water partition coefficient (Wildman–Crippen LogP) is 2.64. The molecule has 146 valence electrons. The van der Waals surface area contributed by atoms with Crippen LogP contribution in [0.2, 0.25) is 0 Å². The molecule has 1 unspecified atom stereocenters. The van der Waals surface area contributed by atoms with E-state index in [1.807, 2.05) is 19.2 Å². The molecule has 0 fully saturated rings. The fourth-order valence-corrected chi connectivity index (χ4v) is 4.01. The lowest BCUT2D eigenvalue weighted by atomic mass is 9.80. The van der Waals surface area contributed by atoms with E-state index in [1.54, 1.807) is 18.2 Å². The van der Waals surface area contributed by atoms with Crippen LogP contribution in [0.1, 0.15) is 17.0 Å². The van der Waals surface area contributed by atoms with Crippen LogP contribution in [0.15, 0.2) is 76.9 Å². The number of ether oxygens (including phenoxy) is 1. The van der Waals surface area contributed by atoms with Gasteiger partial charge in [0.1, 0.15) is 42.1 Å². The van der Waals surface area contributed by atoms with E-state index in [2.05, 4.69) is 6.07 Å². The van der Waals surface area contributed by atoms with Gasteiger partial charge in [-0.25, -0.2) is 8.78 Å². The van der Waals surface area contributed by atoms with Crippen molar-refractivity contribution in [2.75, 3.05) is 20.1 Å². The van der Waals surface area contributed by atoms with E-state index >= 15 is 0 Å². The summed E-state index contributed by atoms with van der Waals surface area (Å²) in [6.07, 6.45) is 1.87. The van der Waals surface area contributed by atoms with Gasteiger partial charge >= 0.3 is 0 Å². The summed E-state index contributed by atoms with van der Waals surface area (Å²) < 4.78 is 33.4. The Bertz CT molecular complexity index is 1110. The highest BCUT2D eigenvalue weighted by Gasteiger charge is 2.38. The molecule has 4 nitrogen and oxygen atoms in total. The molecule has 6 heteroatoms. The minimum atomic E-state index is -0.481. The maximum absolute atomic E-state index is 13.9. The van der Waals surface area contributed by atoms with Crippen LogP contribution in [0.5, 0.6) is 0 Å². The summed E-state index contributed by atoms with van der Waals surface area (Å²) >= 11 is 0. The van der Waals surface area contributed by atoms with Crippen LogP contribution in [-0.2, 0) is 4.74 Å². The molecule has 0 radical (unpaired) electrons. The average Bonchev–Trinajstić information content (AvgIpc) is 2.67. The summed E-state index contributed by atoms with van der Waals surface area (Å²) in [5, 5.41) is 9.70.